The number of hydrogen-bond acceptors (Lipinski definition) is 4. The number of hydrogen-bond donors (Lipinski definition) is 0. The lowest BCUT2D eigenvalue weighted by Crippen LogP contribution is -2.44. The number of methoxy groups -OCH3 is 1. The summed E-state index contributed by atoms with van der Waals surface area (Å²) < 4.78 is 18.5. The SMILES string of the molecule is COc1ccc(N(CN2C(=O)c3ccccc3C2=O)C(=O)c2ccc(F)cc2)cc1. The number of rotatable bonds is 5. The Morgan fingerprint density at radius 2 is 1.47 bits per heavy atom. The number of carbonyl (C=O) groups is 3. The van der Waals surface area contributed by atoms with Gasteiger partial charge in [-0.25, -0.2) is 4.39 Å². The standard InChI is InChI=1S/C23H17FN2O4/c1-30-18-12-10-17(11-13-18)25(21(27)15-6-8-16(24)9-7-15)14-26-22(28)19-4-2-3-5-20(19)23(26)29/h2-13H,14H2,1H3. The van der Waals surface area contributed by atoms with Crippen LogP contribution in [0.4, 0.5) is 10.1 Å². The van der Waals surface area contributed by atoms with Gasteiger partial charge in [0, 0.05) is 11.3 Å². The lowest BCUT2D eigenvalue weighted by Gasteiger charge is -2.27. The minimum absolute atomic E-state index is 0.226. The van der Waals surface area contributed by atoms with Crippen molar-refractivity contribution in [2.45, 2.75) is 0 Å². The first-order valence-corrected chi connectivity index (χ1v) is 9.16. The van der Waals surface area contributed by atoms with Crippen LogP contribution in [-0.2, 0) is 0 Å². The Labute approximate surface area is 172 Å². The van der Waals surface area contributed by atoms with E-state index in [0.717, 1.165) is 4.90 Å². The van der Waals surface area contributed by atoms with Gasteiger partial charge in [-0.15, -0.1) is 0 Å². The third-order valence-corrected chi connectivity index (χ3v) is 4.88. The van der Waals surface area contributed by atoms with Gasteiger partial charge in [-0.3, -0.25) is 24.2 Å². The molecule has 6 nitrogen and oxygen atoms in total. The van der Waals surface area contributed by atoms with E-state index >= 15 is 0 Å². The summed E-state index contributed by atoms with van der Waals surface area (Å²) in [4.78, 5) is 41.1. The monoisotopic (exact) mass is 404 g/mol. The zero-order valence-electron chi connectivity index (χ0n) is 16.0. The topological polar surface area (TPSA) is 66.9 Å². The number of halogens is 1. The van der Waals surface area contributed by atoms with E-state index in [9.17, 15) is 18.8 Å². The summed E-state index contributed by atoms with van der Waals surface area (Å²) in [5.74, 6) is -1.30. The maximum absolute atomic E-state index is 13.3. The Morgan fingerprint density at radius 3 is 2.00 bits per heavy atom. The van der Waals surface area contributed by atoms with Crippen molar-refractivity contribution in [2.75, 3.05) is 18.7 Å². The number of amides is 3. The smallest absolute Gasteiger partial charge is 0.263 e. The van der Waals surface area contributed by atoms with Gasteiger partial charge in [0.05, 0.1) is 18.2 Å². The quantitative estimate of drug-likeness (QED) is 0.608. The van der Waals surface area contributed by atoms with Crippen molar-refractivity contribution in [3.8, 4) is 5.75 Å². The molecule has 30 heavy (non-hydrogen) atoms. The molecule has 7 heteroatoms. The van der Waals surface area contributed by atoms with Crippen LogP contribution in [0.3, 0.4) is 0 Å². The van der Waals surface area contributed by atoms with E-state index < -0.39 is 23.5 Å². The highest BCUT2D eigenvalue weighted by Gasteiger charge is 2.37. The lowest BCUT2D eigenvalue weighted by atomic mass is 10.1. The van der Waals surface area contributed by atoms with E-state index in [1.165, 1.54) is 36.3 Å². The second kappa shape index (κ2) is 7.79. The second-order valence-corrected chi connectivity index (χ2v) is 6.66. The summed E-state index contributed by atoms with van der Waals surface area (Å²) >= 11 is 0. The van der Waals surface area contributed by atoms with Crippen LogP contribution in [-0.4, -0.2) is 36.4 Å². The van der Waals surface area contributed by atoms with Crippen molar-refractivity contribution in [3.63, 3.8) is 0 Å². The summed E-state index contributed by atoms with van der Waals surface area (Å²) in [6.45, 7) is -0.283. The van der Waals surface area contributed by atoms with E-state index in [-0.39, 0.29) is 12.2 Å². The van der Waals surface area contributed by atoms with E-state index in [1.54, 1.807) is 48.5 Å². The van der Waals surface area contributed by atoms with Crippen molar-refractivity contribution in [1.29, 1.82) is 0 Å². The van der Waals surface area contributed by atoms with Crippen molar-refractivity contribution in [2.24, 2.45) is 0 Å². The fourth-order valence-corrected chi connectivity index (χ4v) is 3.28. The Balaban J connectivity index is 1.70. The van der Waals surface area contributed by atoms with Gasteiger partial charge in [0.15, 0.2) is 0 Å². The van der Waals surface area contributed by atoms with Crippen LogP contribution in [0.2, 0.25) is 0 Å². The van der Waals surface area contributed by atoms with Crippen molar-refractivity contribution in [3.05, 3.63) is 95.3 Å². The number of benzene rings is 3. The molecule has 150 valence electrons. The summed E-state index contributed by atoms with van der Waals surface area (Å²) in [6.07, 6.45) is 0. The van der Waals surface area contributed by atoms with Crippen molar-refractivity contribution in [1.82, 2.24) is 4.90 Å². The number of nitrogens with zero attached hydrogens (tertiary/aromatic N) is 2. The van der Waals surface area contributed by atoms with Crippen LogP contribution in [0.15, 0.2) is 72.8 Å². The van der Waals surface area contributed by atoms with Crippen LogP contribution in [0.1, 0.15) is 31.1 Å². The number of carbonyl (C=O) groups excluding carboxylic acids is 3. The molecular weight excluding hydrogens is 387 g/mol. The molecule has 1 aliphatic heterocycles. The summed E-state index contributed by atoms with van der Waals surface area (Å²) in [7, 11) is 1.52. The molecule has 4 rings (SSSR count). The van der Waals surface area contributed by atoms with Gasteiger partial charge < -0.3 is 4.74 Å². The van der Waals surface area contributed by atoms with Crippen molar-refractivity contribution < 1.29 is 23.5 Å². The molecule has 0 aliphatic carbocycles. The predicted octanol–water partition coefficient (Wildman–Crippen LogP) is 3.73. The zero-order chi connectivity index (χ0) is 21.3. The molecule has 0 bridgehead atoms. The van der Waals surface area contributed by atoms with E-state index in [4.69, 9.17) is 4.74 Å². The maximum Gasteiger partial charge on any atom is 0.263 e. The predicted molar refractivity (Wildman–Crippen MR) is 108 cm³/mol. The number of imide groups is 1. The van der Waals surface area contributed by atoms with Crippen LogP contribution in [0, 0.1) is 5.82 Å². The molecule has 0 N–H and O–H groups in total. The molecule has 0 atom stereocenters. The highest BCUT2D eigenvalue weighted by molar-refractivity contribution is 6.22. The fourth-order valence-electron chi connectivity index (χ4n) is 3.28. The van der Waals surface area contributed by atoms with Crippen LogP contribution < -0.4 is 9.64 Å². The molecule has 0 saturated heterocycles. The number of anilines is 1. The first-order chi connectivity index (χ1) is 14.5. The van der Waals surface area contributed by atoms with Gasteiger partial charge in [-0.05, 0) is 60.7 Å². The van der Waals surface area contributed by atoms with E-state index in [0.29, 0.717) is 22.6 Å². The third-order valence-electron chi connectivity index (χ3n) is 4.88. The first kappa shape index (κ1) is 19.3. The summed E-state index contributed by atoms with van der Waals surface area (Å²) in [5, 5.41) is 0. The third kappa shape index (κ3) is 3.41. The minimum atomic E-state index is -0.475. The highest BCUT2D eigenvalue weighted by atomic mass is 19.1. The second-order valence-electron chi connectivity index (χ2n) is 6.66. The average molecular weight is 404 g/mol. The Kier molecular flexibility index (Phi) is 5.02. The van der Waals surface area contributed by atoms with Gasteiger partial charge in [-0.1, -0.05) is 12.1 Å². The molecular formula is C23H17FN2O4. The molecule has 0 unspecified atom stereocenters. The molecule has 0 radical (unpaired) electrons. The Bertz CT molecular complexity index is 1090. The summed E-state index contributed by atoms with van der Waals surface area (Å²) in [5.41, 5.74) is 1.28. The molecule has 0 saturated carbocycles. The molecule has 0 spiro atoms. The Morgan fingerprint density at radius 1 is 0.900 bits per heavy atom. The molecule has 0 fully saturated rings. The van der Waals surface area contributed by atoms with Gasteiger partial charge in [-0.2, -0.15) is 0 Å². The molecule has 1 aliphatic rings. The molecule has 3 amide bonds. The lowest BCUT2D eigenvalue weighted by molar-refractivity contribution is 0.0650. The molecule has 0 aromatic heterocycles. The van der Waals surface area contributed by atoms with Crippen LogP contribution in [0.25, 0.3) is 0 Å². The van der Waals surface area contributed by atoms with Crippen LogP contribution >= 0.6 is 0 Å². The fraction of sp³-hybridized carbons (Fsp3) is 0.0870. The van der Waals surface area contributed by atoms with E-state index in [2.05, 4.69) is 0 Å². The summed E-state index contributed by atoms with van der Waals surface area (Å²) in [6, 6.07) is 18.2. The van der Waals surface area contributed by atoms with Crippen LogP contribution in [0.5, 0.6) is 5.75 Å². The Hall–Kier alpha value is -4.00. The van der Waals surface area contributed by atoms with Gasteiger partial charge in [0.1, 0.15) is 18.2 Å². The molecule has 3 aromatic carbocycles. The largest absolute Gasteiger partial charge is 0.497 e. The number of ether oxygens (including phenoxy) is 1. The molecule has 1 heterocycles. The zero-order valence-corrected chi connectivity index (χ0v) is 16.0. The number of fused-ring (bicyclic) bond motifs is 1. The normalized spacial score (nSPS) is 12.7. The van der Waals surface area contributed by atoms with Gasteiger partial charge in [0.25, 0.3) is 17.7 Å². The maximum atomic E-state index is 13.3. The van der Waals surface area contributed by atoms with Crippen molar-refractivity contribution >= 4 is 23.4 Å². The van der Waals surface area contributed by atoms with E-state index in [1.807, 2.05) is 0 Å². The first-order valence-electron chi connectivity index (χ1n) is 9.16. The minimum Gasteiger partial charge on any atom is -0.497 e. The average Bonchev–Trinajstić information content (AvgIpc) is 3.02. The highest BCUT2D eigenvalue weighted by Crippen LogP contribution is 2.26. The van der Waals surface area contributed by atoms with Gasteiger partial charge >= 0.3 is 0 Å². The molecule has 3 aromatic rings. The van der Waals surface area contributed by atoms with Gasteiger partial charge in [0.2, 0.25) is 0 Å².